The quantitative estimate of drug-likeness (QED) is 0.855. The number of carbonyl (C=O) groups is 2. The van der Waals surface area contributed by atoms with E-state index in [-0.39, 0.29) is 29.7 Å². The summed E-state index contributed by atoms with van der Waals surface area (Å²) in [4.78, 5) is 27.1. The number of benzene rings is 1. The number of nitrogens with one attached hydrogen (secondary N) is 1. The fourth-order valence-electron chi connectivity index (χ4n) is 4.14. The molecule has 0 radical (unpaired) electrons. The second-order valence-electron chi connectivity index (χ2n) is 8.08. The van der Waals surface area contributed by atoms with Crippen LogP contribution >= 0.6 is 0 Å². The Morgan fingerprint density at radius 3 is 2.75 bits per heavy atom. The van der Waals surface area contributed by atoms with E-state index >= 15 is 0 Å². The number of fused-ring (bicyclic) bond motifs is 1. The van der Waals surface area contributed by atoms with Crippen LogP contribution in [0.2, 0.25) is 0 Å². The van der Waals surface area contributed by atoms with Crippen molar-refractivity contribution in [1.82, 2.24) is 10.2 Å². The lowest BCUT2D eigenvalue weighted by atomic mass is 9.96. The molecule has 6 nitrogen and oxygen atoms in total. The number of rotatable bonds is 5. The number of aryl methyl sites for hydroxylation is 1. The fraction of sp³-hybridized carbons (Fsp3) is 0.545. The van der Waals surface area contributed by atoms with E-state index in [4.69, 9.17) is 9.15 Å². The number of piperidine rings is 1. The fourth-order valence-corrected chi connectivity index (χ4v) is 4.14. The summed E-state index contributed by atoms with van der Waals surface area (Å²) in [5, 5.41) is 4.09. The molecular formula is C22H28N2O4. The smallest absolute Gasteiger partial charge is 0.225 e. The molecule has 1 aliphatic heterocycles. The number of likely N-dealkylation sites (tertiary alicyclic amines) is 1. The molecular weight excluding hydrogens is 356 g/mol. The van der Waals surface area contributed by atoms with Gasteiger partial charge in [-0.25, -0.2) is 0 Å². The van der Waals surface area contributed by atoms with Gasteiger partial charge in [0.05, 0.1) is 19.1 Å². The number of hydrogen-bond acceptors (Lipinski definition) is 4. The molecule has 2 unspecified atom stereocenters. The van der Waals surface area contributed by atoms with E-state index in [0.717, 1.165) is 60.3 Å². The van der Waals surface area contributed by atoms with Crippen LogP contribution in [0.15, 0.2) is 22.6 Å². The highest BCUT2D eigenvalue weighted by Gasteiger charge is 2.37. The number of amides is 2. The van der Waals surface area contributed by atoms with E-state index < -0.39 is 0 Å². The van der Waals surface area contributed by atoms with Crippen LogP contribution < -0.4 is 10.1 Å². The van der Waals surface area contributed by atoms with Gasteiger partial charge in [0.1, 0.15) is 17.1 Å². The largest absolute Gasteiger partial charge is 0.497 e. The lowest BCUT2D eigenvalue weighted by Gasteiger charge is -2.32. The molecule has 6 heteroatoms. The Morgan fingerprint density at radius 2 is 2.04 bits per heavy atom. The third-order valence-corrected chi connectivity index (χ3v) is 5.96. The number of nitrogens with zero attached hydrogens (tertiary/aromatic N) is 1. The lowest BCUT2D eigenvalue weighted by molar-refractivity contribution is -0.137. The number of furan rings is 1. The van der Waals surface area contributed by atoms with Crippen LogP contribution in [0.4, 0.5) is 0 Å². The predicted octanol–water partition coefficient (Wildman–Crippen LogP) is 3.58. The molecule has 1 aliphatic carbocycles. The summed E-state index contributed by atoms with van der Waals surface area (Å²) in [5.41, 5.74) is 1.80. The minimum Gasteiger partial charge on any atom is -0.497 e. The van der Waals surface area contributed by atoms with E-state index in [1.807, 2.05) is 36.9 Å². The summed E-state index contributed by atoms with van der Waals surface area (Å²) in [5.74, 6) is 1.83. The van der Waals surface area contributed by atoms with Crippen molar-refractivity contribution in [3.05, 3.63) is 29.5 Å². The van der Waals surface area contributed by atoms with E-state index in [2.05, 4.69) is 5.32 Å². The van der Waals surface area contributed by atoms with Gasteiger partial charge in [-0.2, -0.15) is 0 Å². The van der Waals surface area contributed by atoms with Gasteiger partial charge in [0, 0.05) is 30.0 Å². The van der Waals surface area contributed by atoms with Crippen molar-refractivity contribution in [2.45, 2.75) is 45.6 Å². The first kappa shape index (κ1) is 18.8. The molecule has 1 aromatic carbocycles. The Kier molecular flexibility index (Phi) is 5.04. The zero-order valence-corrected chi connectivity index (χ0v) is 16.8. The van der Waals surface area contributed by atoms with Gasteiger partial charge in [0.15, 0.2) is 0 Å². The topological polar surface area (TPSA) is 71.8 Å². The molecule has 2 amide bonds. The Hall–Kier alpha value is -2.50. The van der Waals surface area contributed by atoms with Crippen LogP contribution in [0.3, 0.4) is 0 Å². The van der Waals surface area contributed by atoms with Crippen molar-refractivity contribution in [1.29, 1.82) is 0 Å². The zero-order chi connectivity index (χ0) is 19.8. The third-order valence-electron chi connectivity index (χ3n) is 5.96. The zero-order valence-electron chi connectivity index (χ0n) is 16.8. The maximum absolute atomic E-state index is 12.9. The minimum atomic E-state index is -0.236. The molecule has 0 spiro atoms. The predicted molar refractivity (Wildman–Crippen MR) is 106 cm³/mol. The van der Waals surface area contributed by atoms with Crippen molar-refractivity contribution in [3.8, 4) is 5.75 Å². The van der Waals surface area contributed by atoms with E-state index in [1.165, 1.54) is 0 Å². The SMILES string of the molecule is COc1ccc2oc(C(C)NC(=O)C3CCCN(C(=O)C4CC4)C3)c(C)c2c1. The van der Waals surface area contributed by atoms with Crippen LogP contribution in [-0.4, -0.2) is 36.9 Å². The minimum absolute atomic E-state index is 0.00164. The van der Waals surface area contributed by atoms with E-state index in [0.29, 0.717) is 6.54 Å². The number of methoxy groups -OCH3 is 1. The molecule has 2 aliphatic rings. The summed E-state index contributed by atoms with van der Waals surface area (Å²) < 4.78 is 11.3. The molecule has 0 bridgehead atoms. The van der Waals surface area contributed by atoms with Crippen molar-refractivity contribution >= 4 is 22.8 Å². The summed E-state index contributed by atoms with van der Waals surface area (Å²) in [6.45, 7) is 5.25. The number of carbonyl (C=O) groups excluding carboxylic acids is 2. The first-order valence-electron chi connectivity index (χ1n) is 10.1. The van der Waals surface area contributed by atoms with Gasteiger partial charge in [-0.15, -0.1) is 0 Å². The number of hydrogen-bond donors (Lipinski definition) is 1. The normalized spacial score (nSPS) is 20.8. The Balaban J connectivity index is 1.44. The van der Waals surface area contributed by atoms with Crippen molar-refractivity contribution in [3.63, 3.8) is 0 Å². The standard InChI is InChI=1S/C22H28N2O4/c1-13-18-11-17(27-3)8-9-19(18)28-20(13)14(2)23-21(25)16-5-4-10-24(12-16)22(26)15-6-7-15/h8-9,11,14-16H,4-7,10,12H2,1-3H3,(H,23,25). The highest BCUT2D eigenvalue weighted by molar-refractivity contribution is 5.85. The first-order chi connectivity index (χ1) is 13.5. The molecule has 2 aromatic rings. The van der Waals surface area contributed by atoms with E-state index in [9.17, 15) is 9.59 Å². The molecule has 1 saturated carbocycles. The average Bonchev–Trinajstić information content (AvgIpc) is 3.51. The molecule has 2 heterocycles. The summed E-state index contributed by atoms with van der Waals surface area (Å²) in [6, 6.07) is 5.47. The van der Waals surface area contributed by atoms with Gasteiger partial charge in [0.2, 0.25) is 11.8 Å². The highest BCUT2D eigenvalue weighted by Crippen LogP contribution is 2.34. The van der Waals surface area contributed by atoms with Crippen LogP contribution in [0.5, 0.6) is 5.75 Å². The van der Waals surface area contributed by atoms with Gasteiger partial charge in [-0.3, -0.25) is 9.59 Å². The highest BCUT2D eigenvalue weighted by atomic mass is 16.5. The van der Waals surface area contributed by atoms with Crippen molar-refractivity contribution in [2.75, 3.05) is 20.2 Å². The van der Waals surface area contributed by atoms with Gasteiger partial charge in [0.25, 0.3) is 0 Å². The van der Waals surface area contributed by atoms with Gasteiger partial charge in [-0.05, 0) is 57.7 Å². The maximum Gasteiger partial charge on any atom is 0.225 e. The van der Waals surface area contributed by atoms with Crippen molar-refractivity contribution in [2.24, 2.45) is 11.8 Å². The molecule has 150 valence electrons. The summed E-state index contributed by atoms with van der Waals surface area (Å²) in [6.07, 6.45) is 3.70. The Morgan fingerprint density at radius 1 is 1.25 bits per heavy atom. The third kappa shape index (κ3) is 3.60. The molecule has 28 heavy (non-hydrogen) atoms. The maximum atomic E-state index is 12.9. The monoisotopic (exact) mass is 384 g/mol. The second-order valence-corrected chi connectivity index (χ2v) is 8.08. The molecule has 4 rings (SSSR count). The van der Waals surface area contributed by atoms with Gasteiger partial charge in [-0.1, -0.05) is 0 Å². The first-order valence-corrected chi connectivity index (χ1v) is 10.1. The van der Waals surface area contributed by atoms with Crippen molar-refractivity contribution < 1.29 is 18.7 Å². The summed E-state index contributed by atoms with van der Waals surface area (Å²) >= 11 is 0. The van der Waals surface area contributed by atoms with Crippen LogP contribution in [-0.2, 0) is 9.59 Å². The Bertz CT molecular complexity index is 899. The van der Waals surface area contributed by atoms with Gasteiger partial charge >= 0.3 is 0 Å². The summed E-state index contributed by atoms with van der Waals surface area (Å²) in [7, 11) is 1.64. The van der Waals surface area contributed by atoms with Crippen LogP contribution in [0, 0.1) is 18.8 Å². The molecule has 1 saturated heterocycles. The number of ether oxygens (including phenoxy) is 1. The van der Waals surface area contributed by atoms with Crippen LogP contribution in [0.25, 0.3) is 11.0 Å². The lowest BCUT2D eigenvalue weighted by Crippen LogP contribution is -2.46. The van der Waals surface area contributed by atoms with E-state index in [1.54, 1.807) is 7.11 Å². The van der Waals surface area contributed by atoms with Gasteiger partial charge < -0.3 is 19.4 Å². The molecule has 1 N–H and O–H groups in total. The second kappa shape index (κ2) is 7.49. The average molecular weight is 384 g/mol. The van der Waals surface area contributed by atoms with Crippen LogP contribution in [0.1, 0.15) is 50.0 Å². The molecule has 2 fully saturated rings. The molecule has 1 aromatic heterocycles. The molecule has 2 atom stereocenters. The Labute approximate surface area is 165 Å².